The highest BCUT2D eigenvalue weighted by Gasteiger charge is 2.47. The van der Waals surface area contributed by atoms with Gasteiger partial charge in [-0.2, -0.15) is 0 Å². The molecule has 5 heterocycles. The van der Waals surface area contributed by atoms with E-state index in [1.165, 1.54) is 16.7 Å². The Morgan fingerprint density at radius 2 is 1.94 bits per heavy atom. The van der Waals surface area contributed by atoms with Crippen molar-refractivity contribution in [1.82, 2.24) is 19.8 Å². The van der Waals surface area contributed by atoms with Gasteiger partial charge in [0.15, 0.2) is 11.4 Å². The number of nitrogens with zero attached hydrogens (tertiary/aromatic N) is 5. The predicted octanol–water partition coefficient (Wildman–Crippen LogP) is 1.97. The molecule has 0 aliphatic carbocycles. The Labute approximate surface area is 184 Å². The minimum atomic E-state index is -0.894. The minimum Gasteiger partial charge on any atom is -0.486 e. The number of ether oxygens (including phenoxy) is 2. The van der Waals surface area contributed by atoms with Gasteiger partial charge < -0.3 is 19.3 Å². The number of aryl methyl sites for hydroxylation is 1. The molecule has 1 fully saturated rings. The second-order valence-corrected chi connectivity index (χ2v) is 8.90. The van der Waals surface area contributed by atoms with E-state index >= 15 is 0 Å². The molecular weight excluding hydrogens is 418 g/mol. The average Bonchev–Trinajstić information content (AvgIpc) is 3.05. The van der Waals surface area contributed by atoms with Crippen LogP contribution in [0.15, 0.2) is 34.9 Å². The maximum atomic E-state index is 13.2. The van der Waals surface area contributed by atoms with Crippen molar-refractivity contribution in [3.8, 4) is 0 Å². The Kier molecular flexibility index (Phi) is 5.19. The highest BCUT2D eigenvalue weighted by atomic mass is 32.2. The Morgan fingerprint density at radius 1 is 1.16 bits per heavy atom. The van der Waals surface area contributed by atoms with Crippen LogP contribution in [0.4, 0.5) is 10.6 Å². The highest BCUT2D eigenvalue weighted by Crippen LogP contribution is 2.40. The molecule has 0 aromatic carbocycles. The number of rotatable bonds is 2. The first-order chi connectivity index (χ1) is 15.0. The summed E-state index contributed by atoms with van der Waals surface area (Å²) in [5.41, 5.74) is 1.37. The third-order valence-corrected chi connectivity index (χ3v) is 6.65. The van der Waals surface area contributed by atoms with Gasteiger partial charge in [-0.15, -0.1) is 11.8 Å². The molecule has 3 aliphatic rings. The number of likely N-dealkylation sites (N-methyl/N-ethyl adjacent to an activating group) is 1. The molecule has 0 N–H and O–H groups in total. The number of fused-ring (bicyclic) bond motifs is 1. The fourth-order valence-corrected chi connectivity index (χ4v) is 4.78. The van der Waals surface area contributed by atoms with Crippen LogP contribution in [0, 0.1) is 6.92 Å². The number of pyridine rings is 2. The Balaban J connectivity index is 1.47. The first-order valence-electron chi connectivity index (χ1n) is 10.2. The molecule has 162 valence electrons. The van der Waals surface area contributed by atoms with E-state index in [4.69, 9.17) is 9.47 Å². The minimum absolute atomic E-state index is 0.242. The topological polar surface area (TPSA) is 88.1 Å². The van der Waals surface area contributed by atoms with E-state index in [0.29, 0.717) is 41.8 Å². The van der Waals surface area contributed by atoms with E-state index in [0.717, 1.165) is 24.2 Å². The fourth-order valence-electron chi connectivity index (χ4n) is 3.82. The van der Waals surface area contributed by atoms with Crippen molar-refractivity contribution in [3.63, 3.8) is 0 Å². The van der Waals surface area contributed by atoms with Gasteiger partial charge in [0, 0.05) is 43.0 Å². The van der Waals surface area contributed by atoms with E-state index in [9.17, 15) is 9.59 Å². The summed E-state index contributed by atoms with van der Waals surface area (Å²) < 4.78 is 11.5. The quantitative estimate of drug-likeness (QED) is 0.699. The lowest BCUT2D eigenvalue weighted by Gasteiger charge is -2.33. The molecule has 31 heavy (non-hydrogen) atoms. The third-order valence-electron chi connectivity index (χ3n) is 5.58. The zero-order valence-corrected chi connectivity index (χ0v) is 18.2. The second kappa shape index (κ2) is 8.01. The van der Waals surface area contributed by atoms with Crippen LogP contribution < -0.4 is 4.90 Å². The van der Waals surface area contributed by atoms with Gasteiger partial charge in [-0.1, -0.05) is 0 Å². The molecule has 0 saturated carbocycles. The fraction of sp³-hybridized carbons (Fsp3) is 0.429. The lowest BCUT2D eigenvalue weighted by Crippen LogP contribution is -2.49. The molecule has 1 atom stereocenters. The summed E-state index contributed by atoms with van der Waals surface area (Å²) in [7, 11) is 2.02. The maximum Gasteiger partial charge on any atom is 0.412 e. The second-order valence-electron chi connectivity index (χ2n) is 7.76. The van der Waals surface area contributed by atoms with Crippen LogP contribution in [0.25, 0.3) is 11.0 Å². The molecular formula is C21H23N5O4S. The summed E-state index contributed by atoms with van der Waals surface area (Å²) in [6.45, 7) is 5.07. The van der Waals surface area contributed by atoms with Gasteiger partial charge in [0.1, 0.15) is 5.82 Å². The molecule has 10 heteroatoms. The number of hydrogen-bond acceptors (Lipinski definition) is 8. The number of amides is 2. The highest BCUT2D eigenvalue weighted by molar-refractivity contribution is 8.03. The number of thioether (sulfide) groups is 1. The first kappa shape index (κ1) is 20.1. The molecule has 0 radical (unpaired) electrons. The van der Waals surface area contributed by atoms with Crippen LogP contribution in [0.2, 0.25) is 0 Å². The molecule has 2 aromatic rings. The summed E-state index contributed by atoms with van der Waals surface area (Å²) in [6.07, 6.45) is -1.33. The first-order valence-corrected chi connectivity index (χ1v) is 11.2. The molecule has 2 aromatic heterocycles. The summed E-state index contributed by atoms with van der Waals surface area (Å²) in [5.74, 6) is 0.962. The number of piperazine rings is 1. The van der Waals surface area contributed by atoms with Crippen LogP contribution in [0.1, 0.15) is 5.69 Å². The normalized spacial score (nSPS) is 22.0. The van der Waals surface area contributed by atoms with Crippen LogP contribution in [-0.4, -0.2) is 83.6 Å². The van der Waals surface area contributed by atoms with Crippen molar-refractivity contribution >= 4 is 40.6 Å². The van der Waals surface area contributed by atoms with Crippen molar-refractivity contribution in [3.05, 3.63) is 40.6 Å². The molecule has 1 unspecified atom stereocenters. The zero-order valence-electron chi connectivity index (χ0n) is 17.4. The summed E-state index contributed by atoms with van der Waals surface area (Å²) in [6, 6.07) is 7.46. The van der Waals surface area contributed by atoms with Crippen LogP contribution in [0.5, 0.6) is 0 Å². The molecule has 0 bridgehead atoms. The number of hydrogen-bond donors (Lipinski definition) is 0. The van der Waals surface area contributed by atoms with Crippen LogP contribution in [-0.2, 0) is 14.3 Å². The number of anilines is 1. The lowest BCUT2D eigenvalue weighted by molar-refractivity contribution is -0.118. The van der Waals surface area contributed by atoms with Gasteiger partial charge in [-0.25, -0.2) is 19.7 Å². The van der Waals surface area contributed by atoms with Crippen molar-refractivity contribution in [2.24, 2.45) is 0 Å². The van der Waals surface area contributed by atoms with Crippen LogP contribution in [0.3, 0.4) is 0 Å². The standard InChI is InChI=1S/C21H23N5O4S/c1-13-3-4-14-5-6-15(23-18(14)22-13)26-19(27)16-17(31-12-11-29-16)20(26)30-21(28)25-9-7-24(2)8-10-25/h3-6,20H,7-12H2,1-2H3. The zero-order chi connectivity index (χ0) is 21.5. The summed E-state index contributed by atoms with van der Waals surface area (Å²) in [5, 5.41) is 0.871. The lowest BCUT2D eigenvalue weighted by atomic mass is 10.2. The summed E-state index contributed by atoms with van der Waals surface area (Å²) in [4.78, 5) is 41.1. The monoisotopic (exact) mass is 441 g/mol. The molecule has 3 aliphatic heterocycles. The van der Waals surface area contributed by atoms with E-state index < -0.39 is 12.3 Å². The van der Waals surface area contributed by atoms with Crippen molar-refractivity contribution < 1.29 is 19.1 Å². The Hall–Kier alpha value is -2.85. The number of carbonyl (C=O) groups is 2. The molecule has 1 saturated heterocycles. The van der Waals surface area contributed by atoms with Gasteiger partial charge in [-0.3, -0.25) is 4.79 Å². The number of carbonyl (C=O) groups excluding carboxylic acids is 2. The Bertz CT molecular complexity index is 1080. The number of aromatic nitrogens is 2. The van der Waals surface area contributed by atoms with Crippen molar-refractivity contribution in [1.29, 1.82) is 0 Å². The largest absolute Gasteiger partial charge is 0.486 e. The maximum absolute atomic E-state index is 13.2. The van der Waals surface area contributed by atoms with Crippen molar-refractivity contribution in [2.75, 3.05) is 50.5 Å². The van der Waals surface area contributed by atoms with Crippen LogP contribution >= 0.6 is 11.8 Å². The molecule has 9 nitrogen and oxygen atoms in total. The van der Waals surface area contributed by atoms with Gasteiger partial charge in [0.2, 0.25) is 6.23 Å². The Morgan fingerprint density at radius 3 is 2.74 bits per heavy atom. The summed E-state index contributed by atoms with van der Waals surface area (Å²) >= 11 is 1.48. The van der Waals surface area contributed by atoms with E-state index in [1.807, 2.05) is 32.2 Å². The molecule has 0 spiro atoms. The molecule has 2 amide bonds. The van der Waals surface area contributed by atoms with Gasteiger partial charge >= 0.3 is 6.09 Å². The average molecular weight is 442 g/mol. The van der Waals surface area contributed by atoms with Crippen molar-refractivity contribution in [2.45, 2.75) is 13.2 Å². The SMILES string of the molecule is Cc1ccc2ccc(N3C(=O)C4=C(SCCO4)C3OC(=O)N3CCN(C)CC3)nc2n1. The smallest absolute Gasteiger partial charge is 0.412 e. The molecule has 5 rings (SSSR count). The van der Waals surface area contributed by atoms with E-state index in [-0.39, 0.29) is 11.7 Å². The predicted molar refractivity (Wildman–Crippen MR) is 117 cm³/mol. The van der Waals surface area contributed by atoms with E-state index in [1.54, 1.807) is 11.0 Å². The third kappa shape index (κ3) is 3.70. The van der Waals surface area contributed by atoms with Gasteiger partial charge in [-0.05, 0) is 38.2 Å². The van der Waals surface area contributed by atoms with Gasteiger partial charge in [0.25, 0.3) is 5.91 Å². The van der Waals surface area contributed by atoms with E-state index in [2.05, 4.69) is 14.9 Å². The van der Waals surface area contributed by atoms with Gasteiger partial charge in [0.05, 0.1) is 11.5 Å².